The van der Waals surface area contributed by atoms with E-state index < -0.39 is 11.8 Å². The quantitative estimate of drug-likeness (QED) is 0.786. The van der Waals surface area contributed by atoms with Gasteiger partial charge in [-0.15, -0.1) is 0 Å². The summed E-state index contributed by atoms with van der Waals surface area (Å²) in [5.41, 5.74) is 0.988. The monoisotopic (exact) mass is 291 g/mol. The topological polar surface area (TPSA) is 62.3 Å². The van der Waals surface area contributed by atoms with Gasteiger partial charge in [0, 0.05) is 19.3 Å². The van der Waals surface area contributed by atoms with Gasteiger partial charge in [-0.05, 0) is 37.5 Å². The molecule has 1 rings (SSSR count). The number of pyridine rings is 1. The highest BCUT2D eigenvalue weighted by molar-refractivity contribution is 6.39. The van der Waals surface area contributed by atoms with Gasteiger partial charge in [0.25, 0.3) is 0 Å². The van der Waals surface area contributed by atoms with E-state index in [9.17, 15) is 9.59 Å². The minimum Gasteiger partial charge on any atom is -0.334 e. The van der Waals surface area contributed by atoms with Crippen molar-refractivity contribution in [2.24, 2.45) is 0 Å². The number of hydrogen-bond donors (Lipinski definition) is 1. The van der Waals surface area contributed by atoms with Crippen molar-refractivity contribution in [3.8, 4) is 0 Å². The van der Waals surface area contributed by atoms with Gasteiger partial charge >= 0.3 is 11.8 Å². The molecule has 0 saturated heterocycles. The molecule has 0 spiro atoms. The number of rotatable bonds is 7. The predicted octanol–water partition coefficient (Wildman–Crippen LogP) is 2.76. The molecule has 1 aromatic rings. The summed E-state index contributed by atoms with van der Waals surface area (Å²) in [6.07, 6.45) is 5.42. The van der Waals surface area contributed by atoms with Crippen LogP contribution in [0.15, 0.2) is 18.3 Å². The lowest BCUT2D eigenvalue weighted by Gasteiger charge is -2.21. The Hall–Kier alpha value is -1.91. The Morgan fingerprint density at radius 3 is 2.33 bits per heavy atom. The molecule has 5 heteroatoms. The van der Waals surface area contributed by atoms with Gasteiger partial charge in [-0.25, -0.2) is 4.98 Å². The highest BCUT2D eigenvalue weighted by Gasteiger charge is 2.21. The zero-order valence-electron chi connectivity index (χ0n) is 13.2. The normalized spacial score (nSPS) is 10.2. The van der Waals surface area contributed by atoms with Crippen molar-refractivity contribution < 1.29 is 9.59 Å². The Morgan fingerprint density at radius 1 is 1.19 bits per heavy atom. The smallest absolute Gasteiger partial charge is 0.315 e. The van der Waals surface area contributed by atoms with Crippen LogP contribution < -0.4 is 5.32 Å². The number of anilines is 1. The molecule has 0 saturated carbocycles. The Kier molecular flexibility index (Phi) is 7.43. The van der Waals surface area contributed by atoms with E-state index in [0.29, 0.717) is 18.9 Å². The lowest BCUT2D eigenvalue weighted by molar-refractivity contribution is -0.143. The van der Waals surface area contributed by atoms with Crippen LogP contribution in [0, 0.1) is 6.92 Å². The predicted molar refractivity (Wildman–Crippen MR) is 84.0 cm³/mol. The van der Waals surface area contributed by atoms with Gasteiger partial charge in [-0.3, -0.25) is 9.59 Å². The minimum atomic E-state index is -0.611. The summed E-state index contributed by atoms with van der Waals surface area (Å²) in [7, 11) is 0. The first-order chi connectivity index (χ1) is 10.1. The summed E-state index contributed by atoms with van der Waals surface area (Å²) in [5.74, 6) is -0.667. The van der Waals surface area contributed by atoms with Gasteiger partial charge in [0.15, 0.2) is 0 Å². The minimum absolute atomic E-state index is 0.416. The maximum absolute atomic E-state index is 12.2. The van der Waals surface area contributed by atoms with Crippen molar-refractivity contribution in [1.29, 1.82) is 0 Å². The zero-order chi connectivity index (χ0) is 15.7. The number of aryl methyl sites for hydroxylation is 1. The largest absolute Gasteiger partial charge is 0.334 e. The molecule has 0 fully saturated rings. The number of carbonyl (C=O) groups excluding carboxylic acids is 2. The van der Waals surface area contributed by atoms with Crippen LogP contribution in [0.4, 0.5) is 5.82 Å². The Balaban J connectivity index is 2.65. The molecule has 0 bridgehead atoms. The second-order valence-electron chi connectivity index (χ2n) is 5.17. The molecule has 0 radical (unpaired) electrons. The molecular formula is C16H25N3O2. The fraction of sp³-hybridized carbons (Fsp3) is 0.562. The molecular weight excluding hydrogens is 266 g/mol. The van der Waals surface area contributed by atoms with E-state index >= 15 is 0 Å². The summed E-state index contributed by atoms with van der Waals surface area (Å²) in [4.78, 5) is 30.0. The van der Waals surface area contributed by atoms with Crippen LogP contribution in [0.3, 0.4) is 0 Å². The molecule has 1 heterocycles. The molecule has 2 amide bonds. The van der Waals surface area contributed by atoms with Crippen LogP contribution in [0.1, 0.15) is 45.1 Å². The first-order valence-electron chi connectivity index (χ1n) is 7.61. The van der Waals surface area contributed by atoms with E-state index in [4.69, 9.17) is 0 Å². The van der Waals surface area contributed by atoms with Crippen LogP contribution in [0.25, 0.3) is 0 Å². The SMILES string of the molecule is CCCCN(CCCC)C(=O)C(=O)Nc1cc(C)ccn1. The summed E-state index contributed by atoms with van der Waals surface area (Å²) < 4.78 is 0. The fourth-order valence-electron chi connectivity index (χ4n) is 1.93. The van der Waals surface area contributed by atoms with Crippen molar-refractivity contribution in [2.45, 2.75) is 46.5 Å². The first kappa shape index (κ1) is 17.1. The number of hydrogen-bond acceptors (Lipinski definition) is 3. The number of nitrogens with zero attached hydrogens (tertiary/aromatic N) is 2. The van der Waals surface area contributed by atoms with Crippen molar-refractivity contribution in [3.63, 3.8) is 0 Å². The number of carbonyl (C=O) groups is 2. The highest BCUT2D eigenvalue weighted by atomic mass is 16.2. The third-order valence-electron chi connectivity index (χ3n) is 3.20. The number of unbranched alkanes of at least 4 members (excludes halogenated alkanes) is 2. The van der Waals surface area contributed by atoms with Crippen molar-refractivity contribution >= 4 is 17.6 Å². The van der Waals surface area contributed by atoms with E-state index in [2.05, 4.69) is 24.1 Å². The molecule has 0 aliphatic rings. The second kappa shape index (κ2) is 9.10. The van der Waals surface area contributed by atoms with E-state index in [1.54, 1.807) is 17.2 Å². The number of nitrogens with one attached hydrogen (secondary N) is 1. The zero-order valence-corrected chi connectivity index (χ0v) is 13.2. The molecule has 0 unspecified atom stereocenters. The number of amides is 2. The summed E-state index contributed by atoms with van der Waals surface area (Å²) in [6, 6.07) is 3.58. The van der Waals surface area contributed by atoms with E-state index in [0.717, 1.165) is 31.2 Å². The fourth-order valence-corrected chi connectivity index (χ4v) is 1.93. The van der Waals surface area contributed by atoms with Gasteiger partial charge < -0.3 is 10.2 Å². The summed E-state index contributed by atoms with van der Waals surface area (Å²) >= 11 is 0. The average Bonchev–Trinajstić information content (AvgIpc) is 2.47. The molecule has 0 aromatic carbocycles. The molecule has 1 aromatic heterocycles. The Labute approximate surface area is 126 Å². The standard InChI is InChI=1S/C16H25N3O2/c1-4-6-10-19(11-7-5-2)16(21)15(20)18-14-12-13(3)8-9-17-14/h8-9,12H,4-7,10-11H2,1-3H3,(H,17,18,20). The van der Waals surface area contributed by atoms with Crippen molar-refractivity contribution in [1.82, 2.24) is 9.88 Å². The summed E-state index contributed by atoms with van der Waals surface area (Å²) in [5, 5.41) is 2.57. The summed E-state index contributed by atoms with van der Waals surface area (Å²) in [6.45, 7) is 7.31. The van der Waals surface area contributed by atoms with Crippen LogP contribution in [0.5, 0.6) is 0 Å². The van der Waals surface area contributed by atoms with Gasteiger partial charge in [0.1, 0.15) is 5.82 Å². The molecule has 116 valence electrons. The van der Waals surface area contributed by atoms with Crippen molar-refractivity contribution in [3.05, 3.63) is 23.9 Å². The Bertz CT molecular complexity index is 466. The third-order valence-corrected chi connectivity index (χ3v) is 3.20. The highest BCUT2D eigenvalue weighted by Crippen LogP contribution is 2.06. The first-order valence-corrected chi connectivity index (χ1v) is 7.61. The molecule has 0 aliphatic carbocycles. The van der Waals surface area contributed by atoms with Gasteiger partial charge in [0.05, 0.1) is 0 Å². The molecule has 21 heavy (non-hydrogen) atoms. The van der Waals surface area contributed by atoms with Gasteiger partial charge in [0.2, 0.25) is 0 Å². The second-order valence-corrected chi connectivity index (χ2v) is 5.17. The van der Waals surface area contributed by atoms with E-state index in [1.807, 2.05) is 13.0 Å². The molecule has 0 atom stereocenters. The van der Waals surface area contributed by atoms with Crippen molar-refractivity contribution in [2.75, 3.05) is 18.4 Å². The maximum atomic E-state index is 12.2. The van der Waals surface area contributed by atoms with Gasteiger partial charge in [-0.1, -0.05) is 26.7 Å². The lowest BCUT2D eigenvalue weighted by Crippen LogP contribution is -2.41. The Morgan fingerprint density at radius 2 is 1.81 bits per heavy atom. The van der Waals surface area contributed by atoms with E-state index in [-0.39, 0.29) is 0 Å². The third kappa shape index (κ3) is 5.94. The van der Waals surface area contributed by atoms with Crippen LogP contribution >= 0.6 is 0 Å². The molecule has 0 aliphatic heterocycles. The van der Waals surface area contributed by atoms with Gasteiger partial charge in [-0.2, -0.15) is 0 Å². The maximum Gasteiger partial charge on any atom is 0.315 e. The molecule has 1 N–H and O–H groups in total. The van der Waals surface area contributed by atoms with Crippen LogP contribution in [0.2, 0.25) is 0 Å². The van der Waals surface area contributed by atoms with E-state index in [1.165, 1.54) is 0 Å². The average molecular weight is 291 g/mol. The molecule has 5 nitrogen and oxygen atoms in total. The lowest BCUT2D eigenvalue weighted by atomic mass is 10.2. The number of aromatic nitrogens is 1. The van der Waals surface area contributed by atoms with Crippen LogP contribution in [-0.2, 0) is 9.59 Å². The van der Waals surface area contributed by atoms with Crippen LogP contribution in [-0.4, -0.2) is 34.8 Å².